The van der Waals surface area contributed by atoms with E-state index in [4.69, 9.17) is 17.3 Å². The zero-order chi connectivity index (χ0) is 9.84. The van der Waals surface area contributed by atoms with Gasteiger partial charge in [0.15, 0.2) is 0 Å². The van der Waals surface area contributed by atoms with Crippen molar-refractivity contribution in [3.05, 3.63) is 28.5 Å². The second kappa shape index (κ2) is 4.47. The highest BCUT2D eigenvalue weighted by Crippen LogP contribution is 2.23. The molecule has 1 aromatic carbocycles. The van der Waals surface area contributed by atoms with E-state index in [1.807, 2.05) is 0 Å². The van der Waals surface area contributed by atoms with Crippen LogP contribution in [0.5, 0.6) is 0 Å². The van der Waals surface area contributed by atoms with Crippen molar-refractivity contribution in [1.29, 1.82) is 0 Å². The molecule has 0 spiro atoms. The Balaban J connectivity index is 2.88. The summed E-state index contributed by atoms with van der Waals surface area (Å²) in [5.41, 5.74) is 7.07. The maximum Gasteiger partial charge on any atom is 0.143 e. The standard InChI is InChI=1S/C10H13ClFN/c1-2-3-4-7-5-8(11)9(12)6-10(7)13/h5-6H,2-4,13H2,1H3. The fourth-order valence-corrected chi connectivity index (χ4v) is 1.37. The molecule has 0 bridgehead atoms. The Morgan fingerprint density at radius 3 is 2.77 bits per heavy atom. The number of halogens is 2. The van der Waals surface area contributed by atoms with Crippen molar-refractivity contribution < 1.29 is 4.39 Å². The average molecular weight is 202 g/mol. The lowest BCUT2D eigenvalue weighted by Gasteiger charge is -2.05. The molecule has 0 aliphatic heterocycles. The van der Waals surface area contributed by atoms with Gasteiger partial charge in [-0.2, -0.15) is 0 Å². The van der Waals surface area contributed by atoms with E-state index in [0.29, 0.717) is 5.69 Å². The quantitative estimate of drug-likeness (QED) is 0.746. The molecule has 13 heavy (non-hydrogen) atoms. The Kier molecular flexibility index (Phi) is 3.55. The molecule has 0 atom stereocenters. The van der Waals surface area contributed by atoms with Crippen molar-refractivity contribution in [2.45, 2.75) is 26.2 Å². The van der Waals surface area contributed by atoms with Crippen LogP contribution in [-0.2, 0) is 6.42 Å². The van der Waals surface area contributed by atoms with Crippen LogP contribution >= 0.6 is 11.6 Å². The predicted octanol–water partition coefficient (Wildman–Crippen LogP) is 3.40. The second-order valence-electron chi connectivity index (χ2n) is 3.07. The van der Waals surface area contributed by atoms with Crippen LogP contribution in [0, 0.1) is 5.82 Å². The lowest BCUT2D eigenvalue weighted by atomic mass is 10.1. The fourth-order valence-electron chi connectivity index (χ4n) is 1.19. The third-order valence-electron chi connectivity index (χ3n) is 1.98. The molecule has 0 amide bonds. The van der Waals surface area contributed by atoms with Gasteiger partial charge < -0.3 is 5.73 Å². The Morgan fingerprint density at radius 2 is 2.15 bits per heavy atom. The minimum absolute atomic E-state index is 0.153. The summed E-state index contributed by atoms with van der Waals surface area (Å²) in [4.78, 5) is 0. The lowest BCUT2D eigenvalue weighted by molar-refractivity contribution is 0.628. The van der Waals surface area contributed by atoms with E-state index in [0.717, 1.165) is 24.8 Å². The molecule has 72 valence electrons. The summed E-state index contributed by atoms with van der Waals surface area (Å²) < 4.78 is 12.9. The summed E-state index contributed by atoms with van der Waals surface area (Å²) in [7, 11) is 0. The van der Waals surface area contributed by atoms with Crippen molar-refractivity contribution in [1.82, 2.24) is 0 Å². The summed E-state index contributed by atoms with van der Waals surface area (Å²) in [6, 6.07) is 2.90. The van der Waals surface area contributed by atoms with Crippen LogP contribution in [0.25, 0.3) is 0 Å². The molecule has 0 radical (unpaired) electrons. The van der Waals surface area contributed by atoms with Crippen LogP contribution in [0.3, 0.4) is 0 Å². The van der Waals surface area contributed by atoms with Gasteiger partial charge in [-0.15, -0.1) is 0 Å². The number of unbranched alkanes of at least 4 members (excludes halogenated alkanes) is 1. The summed E-state index contributed by atoms with van der Waals surface area (Å²) in [6.45, 7) is 2.10. The molecule has 1 rings (SSSR count). The zero-order valence-corrected chi connectivity index (χ0v) is 8.37. The maximum atomic E-state index is 12.9. The maximum absolute atomic E-state index is 12.9. The van der Waals surface area contributed by atoms with Crippen molar-refractivity contribution >= 4 is 17.3 Å². The highest BCUT2D eigenvalue weighted by atomic mass is 35.5. The van der Waals surface area contributed by atoms with E-state index >= 15 is 0 Å². The van der Waals surface area contributed by atoms with Crippen LogP contribution < -0.4 is 5.73 Å². The molecule has 0 heterocycles. The smallest absolute Gasteiger partial charge is 0.143 e. The molecule has 0 aromatic heterocycles. The Bertz CT molecular complexity index is 299. The Labute approximate surface area is 82.7 Å². The first-order valence-corrected chi connectivity index (χ1v) is 4.76. The molecule has 0 aliphatic rings. The topological polar surface area (TPSA) is 26.0 Å². The van der Waals surface area contributed by atoms with Gasteiger partial charge in [0, 0.05) is 5.69 Å². The average Bonchev–Trinajstić information content (AvgIpc) is 2.09. The molecule has 0 aliphatic carbocycles. The molecule has 0 saturated carbocycles. The van der Waals surface area contributed by atoms with Gasteiger partial charge in [0.25, 0.3) is 0 Å². The number of anilines is 1. The number of rotatable bonds is 3. The van der Waals surface area contributed by atoms with Crippen LogP contribution in [-0.4, -0.2) is 0 Å². The minimum atomic E-state index is -0.445. The van der Waals surface area contributed by atoms with Crippen molar-refractivity contribution in [3.8, 4) is 0 Å². The summed E-state index contributed by atoms with van der Waals surface area (Å²) in [5, 5.41) is 0.153. The summed E-state index contributed by atoms with van der Waals surface area (Å²) in [6.07, 6.45) is 3.00. The third-order valence-corrected chi connectivity index (χ3v) is 2.27. The monoisotopic (exact) mass is 201 g/mol. The molecular weight excluding hydrogens is 189 g/mol. The van der Waals surface area contributed by atoms with E-state index in [-0.39, 0.29) is 5.02 Å². The van der Waals surface area contributed by atoms with E-state index in [1.165, 1.54) is 6.07 Å². The van der Waals surface area contributed by atoms with Gasteiger partial charge in [-0.3, -0.25) is 0 Å². The highest BCUT2D eigenvalue weighted by molar-refractivity contribution is 6.30. The van der Waals surface area contributed by atoms with Gasteiger partial charge in [-0.05, 0) is 30.5 Å². The zero-order valence-electron chi connectivity index (χ0n) is 7.61. The first kappa shape index (κ1) is 10.3. The van der Waals surface area contributed by atoms with Gasteiger partial charge >= 0.3 is 0 Å². The van der Waals surface area contributed by atoms with Crippen LogP contribution in [0.4, 0.5) is 10.1 Å². The molecule has 1 aromatic rings. The first-order valence-electron chi connectivity index (χ1n) is 4.38. The van der Waals surface area contributed by atoms with E-state index in [1.54, 1.807) is 6.07 Å². The first-order chi connectivity index (χ1) is 6.15. The molecule has 0 fully saturated rings. The second-order valence-corrected chi connectivity index (χ2v) is 3.48. The number of nitrogen functional groups attached to an aromatic ring is 1. The lowest BCUT2D eigenvalue weighted by Crippen LogP contribution is -1.96. The van der Waals surface area contributed by atoms with Crippen LogP contribution in [0.1, 0.15) is 25.3 Å². The molecule has 0 unspecified atom stereocenters. The van der Waals surface area contributed by atoms with Gasteiger partial charge in [-0.25, -0.2) is 4.39 Å². The normalized spacial score (nSPS) is 10.4. The van der Waals surface area contributed by atoms with Gasteiger partial charge in [-0.1, -0.05) is 24.9 Å². The number of benzene rings is 1. The van der Waals surface area contributed by atoms with Crippen LogP contribution in [0.2, 0.25) is 5.02 Å². The minimum Gasteiger partial charge on any atom is -0.398 e. The number of nitrogens with two attached hydrogens (primary N) is 1. The SMILES string of the molecule is CCCCc1cc(Cl)c(F)cc1N. The molecular formula is C10H13ClFN. The van der Waals surface area contributed by atoms with Crippen molar-refractivity contribution in [2.24, 2.45) is 0 Å². The van der Waals surface area contributed by atoms with Crippen LogP contribution in [0.15, 0.2) is 12.1 Å². The van der Waals surface area contributed by atoms with E-state index in [2.05, 4.69) is 6.92 Å². The predicted molar refractivity (Wildman–Crippen MR) is 54.4 cm³/mol. The molecule has 1 nitrogen and oxygen atoms in total. The largest absolute Gasteiger partial charge is 0.398 e. The summed E-state index contributed by atoms with van der Waals surface area (Å²) in [5.74, 6) is -0.445. The molecule has 2 N–H and O–H groups in total. The third kappa shape index (κ3) is 2.59. The van der Waals surface area contributed by atoms with Gasteiger partial charge in [0.2, 0.25) is 0 Å². The van der Waals surface area contributed by atoms with Crippen molar-refractivity contribution in [2.75, 3.05) is 5.73 Å². The number of hydrogen-bond donors (Lipinski definition) is 1. The van der Waals surface area contributed by atoms with E-state index in [9.17, 15) is 4.39 Å². The number of aryl methyl sites for hydroxylation is 1. The molecule has 0 saturated heterocycles. The van der Waals surface area contributed by atoms with E-state index < -0.39 is 5.82 Å². The fraction of sp³-hybridized carbons (Fsp3) is 0.400. The van der Waals surface area contributed by atoms with Gasteiger partial charge in [0.1, 0.15) is 5.82 Å². The Hall–Kier alpha value is -0.760. The highest BCUT2D eigenvalue weighted by Gasteiger charge is 2.05. The molecule has 3 heteroatoms. The van der Waals surface area contributed by atoms with Gasteiger partial charge in [0.05, 0.1) is 5.02 Å². The van der Waals surface area contributed by atoms with Crippen molar-refractivity contribution in [3.63, 3.8) is 0 Å². The summed E-state index contributed by atoms with van der Waals surface area (Å²) >= 11 is 5.63. The Morgan fingerprint density at radius 1 is 1.46 bits per heavy atom. The number of hydrogen-bond acceptors (Lipinski definition) is 1.